The van der Waals surface area contributed by atoms with Crippen LogP contribution in [0.5, 0.6) is 0 Å². The van der Waals surface area contributed by atoms with Gasteiger partial charge in [-0.1, -0.05) is 11.8 Å². The fraction of sp³-hybridized carbons (Fsp3) is 0.222. The third-order valence-electron chi connectivity index (χ3n) is 1.94. The van der Waals surface area contributed by atoms with Crippen LogP contribution in [0.15, 0.2) is 21.5 Å². The van der Waals surface area contributed by atoms with E-state index in [1.54, 1.807) is 12.5 Å². The number of rotatable bonds is 4. The Kier molecular flexibility index (Phi) is 3.75. The topological polar surface area (TPSA) is 70.7 Å². The van der Waals surface area contributed by atoms with Gasteiger partial charge in [0.05, 0.1) is 6.54 Å². The second-order valence-electron chi connectivity index (χ2n) is 3.02. The number of hydrogen-bond donors (Lipinski definition) is 2. The Balaban J connectivity index is 2.20. The Hall–Kier alpha value is -1.41. The zero-order valence-electron chi connectivity index (χ0n) is 8.86. The molecule has 2 N–H and O–H groups in total. The van der Waals surface area contributed by atoms with Crippen LogP contribution < -0.4 is 10.9 Å². The standard InChI is InChI=1S/C9H9FN4OS2/c1-16-9-13-7(6(10)8(15)14-9)12-4-5-11-2-3-17-5/h2-3H,4H2,1H3,(H2,12,13,14,15). The smallest absolute Gasteiger partial charge is 0.311 e. The van der Waals surface area contributed by atoms with Gasteiger partial charge < -0.3 is 10.3 Å². The molecule has 2 aromatic heterocycles. The second-order valence-corrected chi connectivity index (χ2v) is 4.79. The average Bonchev–Trinajstić information content (AvgIpc) is 2.84. The molecule has 90 valence electrons. The predicted molar refractivity (Wildman–Crippen MR) is 66.0 cm³/mol. The number of anilines is 1. The third kappa shape index (κ3) is 2.83. The van der Waals surface area contributed by atoms with Gasteiger partial charge in [-0.2, -0.15) is 9.37 Å². The van der Waals surface area contributed by atoms with Gasteiger partial charge in [0.1, 0.15) is 10.8 Å². The van der Waals surface area contributed by atoms with E-state index in [-0.39, 0.29) is 5.82 Å². The van der Waals surface area contributed by atoms with Gasteiger partial charge in [0.15, 0.2) is 5.16 Å². The molecule has 2 rings (SSSR count). The molecule has 0 spiro atoms. The van der Waals surface area contributed by atoms with Crippen LogP contribution in [0.2, 0.25) is 0 Å². The number of hydrogen-bond acceptors (Lipinski definition) is 6. The Bertz CT molecular complexity index is 555. The number of H-pyrrole nitrogens is 1. The van der Waals surface area contributed by atoms with Crippen LogP contribution in [-0.4, -0.2) is 21.2 Å². The van der Waals surface area contributed by atoms with E-state index in [1.807, 2.05) is 5.38 Å². The molecule has 0 fully saturated rings. The van der Waals surface area contributed by atoms with Crippen molar-refractivity contribution in [2.75, 3.05) is 11.6 Å². The van der Waals surface area contributed by atoms with Gasteiger partial charge in [0, 0.05) is 11.6 Å². The van der Waals surface area contributed by atoms with Crippen LogP contribution in [0.1, 0.15) is 5.01 Å². The normalized spacial score (nSPS) is 10.5. The Morgan fingerprint density at radius 2 is 2.47 bits per heavy atom. The Morgan fingerprint density at radius 1 is 1.65 bits per heavy atom. The van der Waals surface area contributed by atoms with Crippen LogP contribution in [-0.2, 0) is 6.54 Å². The lowest BCUT2D eigenvalue weighted by Gasteiger charge is -2.06. The van der Waals surface area contributed by atoms with Gasteiger partial charge in [-0.15, -0.1) is 11.3 Å². The minimum Gasteiger partial charge on any atom is -0.362 e. The number of nitrogens with zero attached hydrogens (tertiary/aromatic N) is 2. The van der Waals surface area contributed by atoms with E-state index in [4.69, 9.17) is 0 Å². The van der Waals surface area contributed by atoms with E-state index in [0.717, 1.165) is 5.01 Å². The Labute approximate surface area is 105 Å². The molecular formula is C9H9FN4OS2. The maximum atomic E-state index is 13.5. The first-order valence-corrected chi connectivity index (χ1v) is 6.77. The molecular weight excluding hydrogens is 263 g/mol. The number of thioether (sulfide) groups is 1. The largest absolute Gasteiger partial charge is 0.362 e. The average molecular weight is 272 g/mol. The number of aromatic amines is 1. The number of halogens is 1. The van der Waals surface area contributed by atoms with Crippen LogP contribution >= 0.6 is 23.1 Å². The summed E-state index contributed by atoms with van der Waals surface area (Å²) in [4.78, 5) is 21.5. The molecule has 5 nitrogen and oxygen atoms in total. The molecule has 0 aliphatic carbocycles. The van der Waals surface area contributed by atoms with Gasteiger partial charge in [-0.05, 0) is 6.26 Å². The lowest BCUT2D eigenvalue weighted by Crippen LogP contribution is -2.17. The summed E-state index contributed by atoms with van der Waals surface area (Å²) in [6.45, 7) is 0.363. The zero-order valence-corrected chi connectivity index (χ0v) is 10.5. The fourth-order valence-electron chi connectivity index (χ4n) is 1.16. The summed E-state index contributed by atoms with van der Waals surface area (Å²) in [6, 6.07) is 0. The highest BCUT2D eigenvalue weighted by atomic mass is 32.2. The van der Waals surface area contributed by atoms with Crippen LogP contribution in [0, 0.1) is 5.82 Å². The molecule has 2 heterocycles. The van der Waals surface area contributed by atoms with Gasteiger partial charge in [0.2, 0.25) is 5.82 Å². The van der Waals surface area contributed by atoms with Crippen molar-refractivity contribution in [3.05, 3.63) is 32.8 Å². The maximum absolute atomic E-state index is 13.5. The third-order valence-corrected chi connectivity index (χ3v) is 3.30. The summed E-state index contributed by atoms with van der Waals surface area (Å²) in [5.41, 5.74) is -0.866. The second kappa shape index (κ2) is 5.28. The lowest BCUT2D eigenvalue weighted by atomic mass is 10.5. The van der Waals surface area contributed by atoms with E-state index in [1.165, 1.54) is 23.1 Å². The van der Waals surface area contributed by atoms with Crippen molar-refractivity contribution in [3.63, 3.8) is 0 Å². The molecule has 0 amide bonds. The van der Waals surface area contributed by atoms with Crippen molar-refractivity contribution in [2.24, 2.45) is 0 Å². The predicted octanol–water partition coefficient (Wildman–Crippen LogP) is 1.70. The molecule has 0 bridgehead atoms. The highest BCUT2D eigenvalue weighted by Crippen LogP contribution is 2.13. The van der Waals surface area contributed by atoms with Gasteiger partial charge in [-0.3, -0.25) is 4.79 Å². The molecule has 0 saturated carbocycles. The highest BCUT2D eigenvalue weighted by Gasteiger charge is 2.10. The molecule has 0 aliphatic heterocycles. The molecule has 0 saturated heterocycles. The van der Waals surface area contributed by atoms with Crippen LogP contribution in [0.3, 0.4) is 0 Å². The van der Waals surface area contributed by atoms with Crippen molar-refractivity contribution in [1.29, 1.82) is 0 Å². The van der Waals surface area contributed by atoms with Crippen LogP contribution in [0.4, 0.5) is 10.2 Å². The van der Waals surface area contributed by atoms with E-state index < -0.39 is 11.4 Å². The summed E-state index contributed by atoms with van der Waals surface area (Å²) in [7, 11) is 0. The lowest BCUT2D eigenvalue weighted by molar-refractivity contribution is 0.594. The van der Waals surface area contributed by atoms with E-state index in [2.05, 4.69) is 20.3 Å². The van der Waals surface area contributed by atoms with Crippen molar-refractivity contribution in [3.8, 4) is 0 Å². The first-order chi connectivity index (χ1) is 8.20. The van der Waals surface area contributed by atoms with E-state index >= 15 is 0 Å². The molecule has 0 aliphatic rings. The first-order valence-electron chi connectivity index (χ1n) is 4.66. The quantitative estimate of drug-likeness (QED) is 0.655. The molecule has 0 aromatic carbocycles. The summed E-state index contributed by atoms with van der Waals surface area (Å²) in [5, 5.41) is 5.81. The Morgan fingerprint density at radius 3 is 3.12 bits per heavy atom. The maximum Gasteiger partial charge on any atom is 0.311 e. The molecule has 0 unspecified atom stereocenters. The van der Waals surface area contributed by atoms with Crippen molar-refractivity contribution < 1.29 is 4.39 Å². The molecule has 17 heavy (non-hydrogen) atoms. The van der Waals surface area contributed by atoms with Gasteiger partial charge in [-0.25, -0.2) is 4.98 Å². The zero-order chi connectivity index (χ0) is 12.3. The minimum absolute atomic E-state index is 0.0459. The monoisotopic (exact) mass is 272 g/mol. The summed E-state index contributed by atoms with van der Waals surface area (Å²) in [6.07, 6.45) is 3.42. The summed E-state index contributed by atoms with van der Waals surface area (Å²) < 4.78 is 13.5. The molecule has 0 radical (unpaired) electrons. The molecule has 8 heteroatoms. The van der Waals surface area contributed by atoms with E-state index in [9.17, 15) is 9.18 Å². The fourth-order valence-corrected chi connectivity index (χ4v) is 2.10. The molecule has 0 atom stereocenters. The summed E-state index contributed by atoms with van der Waals surface area (Å²) in [5.74, 6) is -0.857. The summed E-state index contributed by atoms with van der Waals surface area (Å²) >= 11 is 2.70. The number of nitrogens with one attached hydrogen (secondary N) is 2. The number of thiazole rings is 1. The highest BCUT2D eigenvalue weighted by molar-refractivity contribution is 7.98. The number of aromatic nitrogens is 3. The molecule has 2 aromatic rings. The first kappa shape index (κ1) is 12.1. The van der Waals surface area contributed by atoms with Gasteiger partial charge in [0.25, 0.3) is 0 Å². The van der Waals surface area contributed by atoms with Crippen molar-refractivity contribution in [2.45, 2.75) is 11.7 Å². The van der Waals surface area contributed by atoms with Crippen LogP contribution in [0.25, 0.3) is 0 Å². The van der Waals surface area contributed by atoms with Gasteiger partial charge >= 0.3 is 5.56 Å². The van der Waals surface area contributed by atoms with E-state index in [0.29, 0.717) is 11.7 Å². The van der Waals surface area contributed by atoms with Crippen molar-refractivity contribution in [1.82, 2.24) is 15.0 Å². The minimum atomic E-state index is -0.903. The SMILES string of the molecule is CSc1nc(=O)c(F)c(NCc2nccs2)[nH]1. The van der Waals surface area contributed by atoms with Crippen molar-refractivity contribution >= 4 is 28.9 Å².